The number of nitro groups is 1. The van der Waals surface area contributed by atoms with E-state index in [1.165, 1.54) is 25.0 Å². The maximum Gasteiger partial charge on any atom is 0.276 e. The highest BCUT2D eigenvalue weighted by Crippen LogP contribution is 2.39. The van der Waals surface area contributed by atoms with Gasteiger partial charge < -0.3 is 10.6 Å². The highest BCUT2D eigenvalue weighted by atomic mass is 16.6. The normalized spacial score (nSPS) is 18.0. The van der Waals surface area contributed by atoms with E-state index in [4.69, 9.17) is 5.73 Å². The predicted octanol–water partition coefficient (Wildman–Crippen LogP) is 2.98. The van der Waals surface area contributed by atoms with Crippen LogP contribution in [-0.2, 0) is 0 Å². The third-order valence-corrected chi connectivity index (χ3v) is 4.68. The molecule has 1 aromatic rings. The number of hydrogen-bond acceptors (Lipinski definition) is 5. The number of anilines is 2. The van der Waals surface area contributed by atoms with Gasteiger partial charge >= 0.3 is 0 Å². The molecule has 0 radical (unpaired) electrons. The fraction of sp³-hybridized carbons (Fsp3) is 0.643. The largest absolute Gasteiger partial charge is 0.383 e. The number of piperidine rings is 1. The van der Waals surface area contributed by atoms with Crippen molar-refractivity contribution in [3.63, 3.8) is 0 Å². The van der Waals surface area contributed by atoms with Crippen molar-refractivity contribution in [2.75, 3.05) is 23.7 Å². The maximum absolute atomic E-state index is 10.9. The Balaban J connectivity index is 2.16. The van der Waals surface area contributed by atoms with Crippen molar-refractivity contribution in [3.05, 3.63) is 22.2 Å². The summed E-state index contributed by atoms with van der Waals surface area (Å²) in [5.74, 6) is 0.828. The molecule has 0 aliphatic carbocycles. The highest BCUT2D eigenvalue weighted by molar-refractivity contribution is 5.54. The Morgan fingerprint density at radius 3 is 2.45 bits per heavy atom. The van der Waals surface area contributed by atoms with Crippen molar-refractivity contribution in [1.82, 2.24) is 4.98 Å². The van der Waals surface area contributed by atoms with E-state index in [0.29, 0.717) is 11.2 Å². The Morgan fingerprint density at radius 1 is 1.35 bits per heavy atom. The van der Waals surface area contributed by atoms with Crippen LogP contribution >= 0.6 is 0 Å². The minimum atomic E-state index is -0.423. The predicted molar refractivity (Wildman–Crippen MR) is 79.8 cm³/mol. The summed E-state index contributed by atoms with van der Waals surface area (Å²) >= 11 is 0. The molecule has 1 saturated heterocycles. The SMILES string of the molecule is CCC1(CC)CCN(c2cc([N+](=O)[O-])cc(N)n2)CC1. The minimum absolute atomic E-state index is 0.00956. The van der Waals surface area contributed by atoms with Crippen LogP contribution in [0.15, 0.2) is 12.1 Å². The molecule has 20 heavy (non-hydrogen) atoms. The quantitative estimate of drug-likeness (QED) is 0.676. The summed E-state index contributed by atoms with van der Waals surface area (Å²) < 4.78 is 0. The van der Waals surface area contributed by atoms with Crippen LogP contribution in [0.5, 0.6) is 0 Å². The smallest absolute Gasteiger partial charge is 0.276 e. The summed E-state index contributed by atoms with van der Waals surface area (Å²) in [7, 11) is 0. The van der Waals surface area contributed by atoms with E-state index in [2.05, 4.69) is 23.7 Å². The van der Waals surface area contributed by atoms with Gasteiger partial charge in [-0.15, -0.1) is 0 Å². The van der Waals surface area contributed by atoms with Crippen molar-refractivity contribution in [2.45, 2.75) is 39.5 Å². The van der Waals surface area contributed by atoms with Gasteiger partial charge in [-0.3, -0.25) is 10.1 Å². The van der Waals surface area contributed by atoms with Gasteiger partial charge in [0.1, 0.15) is 11.6 Å². The zero-order chi connectivity index (χ0) is 14.8. The van der Waals surface area contributed by atoms with Gasteiger partial charge in [-0.1, -0.05) is 26.7 Å². The number of nitrogens with two attached hydrogens (primary N) is 1. The zero-order valence-corrected chi connectivity index (χ0v) is 12.1. The molecule has 1 aliphatic heterocycles. The lowest BCUT2D eigenvalue weighted by atomic mass is 9.74. The van der Waals surface area contributed by atoms with Gasteiger partial charge in [0.05, 0.1) is 17.1 Å². The van der Waals surface area contributed by atoms with Crippen LogP contribution in [0.1, 0.15) is 39.5 Å². The molecule has 0 amide bonds. The second-order valence-electron chi connectivity index (χ2n) is 5.56. The number of hydrogen-bond donors (Lipinski definition) is 1. The summed E-state index contributed by atoms with van der Waals surface area (Å²) in [5, 5.41) is 10.9. The molecule has 2 rings (SSSR count). The lowest BCUT2D eigenvalue weighted by Crippen LogP contribution is -2.40. The van der Waals surface area contributed by atoms with E-state index in [1.54, 1.807) is 0 Å². The Labute approximate surface area is 119 Å². The average Bonchev–Trinajstić information content (AvgIpc) is 2.46. The molecule has 2 heterocycles. The van der Waals surface area contributed by atoms with Gasteiger partial charge in [-0.2, -0.15) is 0 Å². The second kappa shape index (κ2) is 5.64. The minimum Gasteiger partial charge on any atom is -0.383 e. The third kappa shape index (κ3) is 2.84. The summed E-state index contributed by atoms with van der Waals surface area (Å²) in [4.78, 5) is 16.8. The van der Waals surface area contributed by atoms with Crippen LogP contribution in [0.4, 0.5) is 17.3 Å². The lowest BCUT2D eigenvalue weighted by Gasteiger charge is -2.41. The topological polar surface area (TPSA) is 85.3 Å². The number of nitrogen functional groups attached to an aromatic ring is 1. The van der Waals surface area contributed by atoms with E-state index >= 15 is 0 Å². The molecular formula is C14H22N4O2. The summed E-state index contributed by atoms with van der Waals surface area (Å²) in [5.41, 5.74) is 6.10. The molecule has 0 spiro atoms. The van der Waals surface area contributed by atoms with Gasteiger partial charge in [0.2, 0.25) is 0 Å². The highest BCUT2D eigenvalue weighted by Gasteiger charge is 2.32. The van der Waals surface area contributed by atoms with Crippen molar-refractivity contribution < 1.29 is 4.92 Å². The molecule has 0 aromatic carbocycles. The number of aromatic nitrogens is 1. The summed E-state index contributed by atoms with van der Waals surface area (Å²) in [6.45, 7) is 6.25. The molecule has 6 nitrogen and oxygen atoms in total. The number of nitrogens with zero attached hydrogens (tertiary/aromatic N) is 3. The van der Waals surface area contributed by atoms with Gasteiger partial charge in [-0.05, 0) is 18.3 Å². The molecule has 0 bridgehead atoms. The van der Waals surface area contributed by atoms with Crippen molar-refractivity contribution in [3.8, 4) is 0 Å². The fourth-order valence-corrected chi connectivity index (χ4v) is 2.96. The molecule has 1 fully saturated rings. The third-order valence-electron chi connectivity index (χ3n) is 4.68. The Bertz CT molecular complexity index is 490. The summed E-state index contributed by atoms with van der Waals surface area (Å²) in [6.07, 6.45) is 4.57. The van der Waals surface area contributed by atoms with Crippen LogP contribution in [0.3, 0.4) is 0 Å². The first-order valence-corrected chi connectivity index (χ1v) is 7.16. The van der Waals surface area contributed by atoms with Crippen LogP contribution in [0.2, 0.25) is 0 Å². The zero-order valence-electron chi connectivity index (χ0n) is 12.1. The Hall–Kier alpha value is -1.85. The molecule has 110 valence electrons. The van der Waals surface area contributed by atoms with Crippen molar-refractivity contribution in [2.24, 2.45) is 5.41 Å². The second-order valence-corrected chi connectivity index (χ2v) is 5.56. The van der Waals surface area contributed by atoms with Crippen molar-refractivity contribution >= 4 is 17.3 Å². The van der Waals surface area contributed by atoms with E-state index in [0.717, 1.165) is 25.9 Å². The Kier molecular flexibility index (Phi) is 4.11. The van der Waals surface area contributed by atoms with E-state index < -0.39 is 4.92 Å². The van der Waals surface area contributed by atoms with Crippen molar-refractivity contribution in [1.29, 1.82) is 0 Å². The number of rotatable bonds is 4. The first-order chi connectivity index (χ1) is 9.49. The monoisotopic (exact) mass is 278 g/mol. The molecule has 6 heteroatoms. The van der Waals surface area contributed by atoms with Crippen LogP contribution in [0.25, 0.3) is 0 Å². The van der Waals surface area contributed by atoms with Crippen LogP contribution in [0, 0.1) is 15.5 Å². The van der Waals surface area contributed by atoms with Gasteiger partial charge in [0.15, 0.2) is 0 Å². The first kappa shape index (κ1) is 14.6. The van der Waals surface area contributed by atoms with E-state index in [9.17, 15) is 10.1 Å². The Morgan fingerprint density at radius 2 is 1.95 bits per heavy atom. The summed E-state index contributed by atoms with van der Waals surface area (Å²) in [6, 6.07) is 2.82. The van der Waals surface area contributed by atoms with E-state index in [1.807, 2.05) is 0 Å². The molecule has 1 aliphatic rings. The molecule has 1 aromatic heterocycles. The van der Waals surface area contributed by atoms with Gasteiger partial charge in [0, 0.05) is 13.1 Å². The maximum atomic E-state index is 10.9. The van der Waals surface area contributed by atoms with Gasteiger partial charge in [-0.25, -0.2) is 4.98 Å². The van der Waals surface area contributed by atoms with Gasteiger partial charge in [0.25, 0.3) is 5.69 Å². The standard InChI is InChI=1S/C14H22N4O2/c1-3-14(4-2)5-7-17(8-6-14)13-10-11(18(19)20)9-12(15)16-13/h9-10H,3-8H2,1-2H3,(H2,15,16). The molecule has 0 saturated carbocycles. The lowest BCUT2D eigenvalue weighted by molar-refractivity contribution is -0.384. The molecule has 0 unspecified atom stereocenters. The average molecular weight is 278 g/mol. The van der Waals surface area contributed by atoms with Crippen LogP contribution < -0.4 is 10.6 Å². The van der Waals surface area contributed by atoms with Crippen LogP contribution in [-0.4, -0.2) is 23.0 Å². The molecule has 0 atom stereocenters. The fourth-order valence-electron chi connectivity index (χ4n) is 2.96. The molecule has 2 N–H and O–H groups in total. The first-order valence-electron chi connectivity index (χ1n) is 7.16. The van der Waals surface area contributed by atoms with E-state index in [-0.39, 0.29) is 11.5 Å². The molecular weight excluding hydrogens is 256 g/mol. The number of pyridine rings is 1.